The number of hydrogen-bond donors (Lipinski definition) is 1. The van der Waals surface area contributed by atoms with Gasteiger partial charge in [0.25, 0.3) is 0 Å². The number of hydrogen-bond acceptors (Lipinski definition) is 2. The molecule has 0 saturated heterocycles. The summed E-state index contributed by atoms with van der Waals surface area (Å²) in [6.45, 7) is 7.27. The van der Waals surface area contributed by atoms with Crippen molar-refractivity contribution in [1.82, 2.24) is 5.32 Å². The van der Waals surface area contributed by atoms with E-state index in [-0.39, 0.29) is 11.9 Å². The second-order valence-electron chi connectivity index (χ2n) is 5.55. The van der Waals surface area contributed by atoms with E-state index in [0.717, 1.165) is 37.8 Å². The summed E-state index contributed by atoms with van der Waals surface area (Å²) in [6, 6.07) is 5.50. The van der Waals surface area contributed by atoms with E-state index in [4.69, 9.17) is 4.74 Å². The van der Waals surface area contributed by atoms with Crippen LogP contribution in [-0.4, -0.2) is 25.8 Å². The van der Waals surface area contributed by atoms with Gasteiger partial charge in [-0.2, -0.15) is 0 Å². The molecule has 114 valence electrons. The molecule has 0 aliphatic rings. The molecule has 0 spiro atoms. The number of benzene rings is 1. The molecular weight excluding hydrogens is 253 g/mol. The smallest absolute Gasteiger partial charge is 0.123 e. The Morgan fingerprint density at radius 1 is 1.30 bits per heavy atom. The summed E-state index contributed by atoms with van der Waals surface area (Å²) < 4.78 is 18.5. The van der Waals surface area contributed by atoms with Gasteiger partial charge in [-0.25, -0.2) is 4.39 Å². The van der Waals surface area contributed by atoms with Crippen molar-refractivity contribution in [2.45, 2.75) is 58.6 Å². The summed E-state index contributed by atoms with van der Waals surface area (Å²) in [5.74, 6) is -0.155. The van der Waals surface area contributed by atoms with Crippen LogP contribution in [-0.2, 0) is 11.2 Å². The van der Waals surface area contributed by atoms with Crippen LogP contribution in [0, 0.1) is 12.7 Å². The highest BCUT2D eigenvalue weighted by Crippen LogP contribution is 2.15. The summed E-state index contributed by atoms with van der Waals surface area (Å²) in [4.78, 5) is 0. The maximum absolute atomic E-state index is 13.2. The van der Waals surface area contributed by atoms with E-state index >= 15 is 0 Å². The zero-order chi connectivity index (χ0) is 15.0. The van der Waals surface area contributed by atoms with Crippen LogP contribution in [0.5, 0.6) is 0 Å². The minimum atomic E-state index is -0.155. The van der Waals surface area contributed by atoms with Gasteiger partial charge in [0.15, 0.2) is 0 Å². The lowest BCUT2D eigenvalue weighted by molar-refractivity contribution is 0.106. The second kappa shape index (κ2) is 9.09. The number of methoxy groups -OCH3 is 1. The van der Waals surface area contributed by atoms with Crippen LogP contribution in [0.4, 0.5) is 4.39 Å². The lowest BCUT2D eigenvalue weighted by Crippen LogP contribution is -2.33. The monoisotopic (exact) mass is 281 g/mol. The summed E-state index contributed by atoms with van der Waals surface area (Å²) in [7, 11) is 1.75. The molecule has 2 atom stereocenters. The van der Waals surface area contributed by atoms with Gasteiger partial charge in [0.2, 0.25) is 0 Å². The largest absolute Gasteiger partial charge is 0.382 e. The van der Waals surface area contributed by atoms with Gasteiger partial charge in [0.1, 0.15) is 5.82 Å². The van der Waals surface area contributed by atoms with Crippen molar-refractivity contribution < 1.29 is 9.13 Å². The van der Waals surface area contributed by atoms with Gasteiger partial charge in [-0.05, 0) is 69.3 Å². The van der Waals surface area contributed by atoms with Crippen molar-refractivity contribution >= 4 is 0 Å². The minimum absolute atomic E-state index is 0.155. The van der Waals surface area contributed by atoms with Crippen molar-refractivity contribution in [2.75, 3.05) is 13.7 Å². The van der Waals surface area contributed by atoms with Crippen LogP contribution in [0.2, 0.25) is 0 Å². The highest BCUT2D eigenvalue weighted by Gasteiger charge is 2.12. The maximum Gasteiger partial charge on any atom is 0.123 e. The summed E-state index contributed by atoms with van der Waals surface area (Å²) in [6.07, 6.45) is 4.47. The fourth-order valence-electron chi connectivity index (χ4n) is 2.33. The molecule has 20 heavy (non-hydrogen) atoms. The van der Waals surface area contributed by atoms with Crippen molar-refractivity contribution in [1.29, 1.82) is 0 Å². The topological polar surface area (TPSA) is 21.3 Å². The van der Waals surface area contributed by atoms with Crippen LogP contribution in [0.3, 0.4) is 0 Å². The normalized spacial score (nSPS) is 14.2. The standard InChI is InChI=1S/C17H28FNO/c1-5-10-19-17(9-6-14(3)20-4)12-15-7-8-16(18)11-13(15)2/h7-8,11,14,17,19H,5-6,9-10,12H2,1-4H3. The molecule has 1 aromatic rings. The number of nitrogens with one attached hydrogen (secondary N) is 1. The Kier molecular flexibility index (Phi) is 7.78. The Labute approximate surface area is 122 Å². The van der Waals surface area contributed by atoms with E-state index < -0.39 is 0 Å². The molecule has 2 unspecified atom stereocenters. The van der Waals surface area contributed by atoms with Crippen molar-refractivity contribution in [3.63, 3.8) is 0 Å². The predicted octanol–water partition coefficient (Wildman–Crippen LogP) is 3.86. The molecule has 0 amide bonds. The second-order valence-corrected chi connectivity index (χ2v) is 5.55. The first-order chi connectivity index (χ1) is 9.56. The van der Waals surface area contributed by atoms with Crippen LogP contribution >= 0.6 is 0 Å². The van der Waals surface area contributed by atoms with E-state index in [1.807, 2.05) is 13.0 Å². The number of rotatable bonds is 9. The van der Waals surface area contributed by atoms with Crippen molar-refractivity contribution in [3.05, 3.63) is 35.1 Å². The summed E-state index contributed by atoms with van der Waals surface area (Å²) in [5, 5.41) is 3.59. The molecular formula is C17H28FNO. The van der Waals surface area contributed by atoms with Crippen molar-refractivity contribution in [3.8, 4) is 0 Å². The highest BCUT2D eigenvalue weighted by molar-refractivity contribution is 5.27. The Morgan fingerprint density at radius 3 is 2.65 bits per heavy atom. The average molecular weight is 281 g/mol. The number of halogens is 1. The zero-order valence-electron chi connectivity index (χ0n) is 13.2. The van der Waals surface area contributed by atoms with Gasteiger partial charge in [-0.3, -0.25) is 0 Å². The first-order valence-corrected chi connectivity index (χ1v) is 7.58. The Balaban J connectivity index is 2.62. The molecule has 1 rings (SSSR count). The average Bonchev–Trinajstić information content (AvgIpc) is 2.43. The third-order valence-electron chi connectivity index (χ3n) is 3.78. The fraction of sp³-hybridized carbons (Fsp3) is 0.647. The van der Waals surface area contributed by atoms with Crippen LogP contribution in [0.25, 0.3) is 0 Å². The molecule has 0 aliphatic carbocycles. The molecule has 1 aromatic carbocycles. The van der Waals surface area contributed by atoms with Crippen LogP contribution < -0.4 is 5.32 Å². The molecule has 0 radical (unpaired) electrons. The molecule has 0 bridgehead atoms. The maximum atomic E-state index is 13.2. The van der Waals surface area contributed by atoms with Crippen molar-refractivity contribution in [2.24, 2.45) is 0 Å². The van der Waals surface area contributed by atoms with E-state index in [1.165, 1.54) is 5.56 Å². The molecule has 0 aromatic heterocycles. The third kappa shape index (κ3) is 6.02. The number of aryl methyl sites for hydroxylation is 1. The molecule has 1 N–H and O–H groups in total. The number of ether oxygens (including phenoxy) is 1. The van der Waals surface area contributed by atoms with Gasteiger partial charge < -0.3 is 10.1 Å². The molecule has 3 heteroatoms. The van der Waals surface area contributed by atoms with Crippen LogP contribution in [0.1, 0.15) is 44.2 Å². The van der Waals surface area contributed by atoms with Gasteiger partial charge in [0, 0.05) is 13.2 Å². The zero-order valence-corrected chi connectivity index (χ0v) is 13.2. The Hall–Kier alpha value is -0.930. The molecule has 0 saturated carbocycles. The third-order valence-corrected chi connectivity index (χ3v) is 3.78. The van der Waals surface area contributed by atoms with Gasteiger partial charge in [-0.15, -0.1) is 0 Å². The van der Waals surface area contributed by atoms with Gasteiger partial charge >= 0.3 is 0 Å². The van der Waals surface area contributed by atoms with Gasteiger partial charge in [0.05, 0.1) is 6.10 Å². The van der Waals surface area contributed by atoms with Crippen LogP contribution in [0.15, 0.2) is 18.2 Å². The molecule has 0 aliphatic heterocycles. The van der Waals surface area contributed by atoms with E-state index in [0.29, 0.717) is 6.04 Å². The van der Waals surface area contributed by atoms with E-state index in [9.17, 15) is 4.39 Å². The van der Waals surface area contributed by atoms with E-state index in [2.05, 4.69) is 19.2 Å². The SMILES string of the molecule is CCCNC(CCC(C)OC)Cc1ccc(F)cc1C. The van der Waals surface area contributed by atoms with Gasteiger partial charge in [-0.1, -0.05) is 13.0 Å². The minimum Gasteiger partial charge on any atom is -0.382 e. The molecule has 2 nitrogen and oxygen atoms in total. The predicted molar refractivity (Wildman–Crippen MR) is 82.6 cm³/mol. The lowest BCUT2D eigenvalue weighted by Gasteiger charge is -2.21. The Bertz CT molecular complexity index is 395. The fourth-order valence-corrected chi connectivity index (χ4v) is 2.33. The highest BCUT2D eigenvalue weighted by atomic mass is 19.1. The molecule has 0 heterocycles. The lowest BCUT2D eigenvalue weighted by atomic mass is 9.97. The summed E-state index contributed by atoms with van der Waals surface area (Å²) >= 11 is 0. The van der Waals surface area contributed by atoms with E-state index in [1.54, 1.807) is 19.2 Å². The first kappa shape index (κ1) is 17.1. The quantitative estimate of drug-likeness (QED) is 0.742. The summed E-state index contributed by atoms with van der Waals surface area (Å²) in [5.41, 5.74) is 2.26. The first-order valence-electron chi connectivity index (χ1n) is 7.58. The molecule has 0 fully saturated rings. The Morgan fingerprint density at radius 2 is 2.05 bits per heavy atom.